The molecule has 0 amide bonds. The van der Waals surface area contributed by atoms with Crippen molar-refractivity contribution < 1.29 is 14.6 Å². The van der Waals surface area contributed by atoms with Gasteiger partial charge in [0, 0.05) is 0 Å². The molecule has 3 nitrogen and oxygen atoms in total. The van der Waals surface area contributed by atoms with Crippen LogP contribution in [0.2, 0.25) is 0 Å². The van der Waals surface area contributed by atoms with Crippen molar-refractivity contribution >= 4 is 5.97 Å². The quantitative estimate of drug-likeness (QED) is 0.899. The molecule has 104 valence electrons. The summed E-state index contributed by atoms with van der Waals surface area (Å²) >= 11 is 0. The minimum Gasteiger partial charge on any atom is -0.492 e. The third-order valence-electron chi connectivity index (χ3n) is 4.11. The highest BCUT2D eigenvalue weighted by Crippen LogP contribution is 2.37. The molecule has 1 aromatic rings. The van der Waals surface area contributed by atoms with Gasteiger partial charge >= 0.3 is 5.97 Å². The number of aliphatic carboxylic acids is 1. The molecule has 1 aliphatic carbocycles. The largest absolute Gasteiger partial charge is 0.492 e. The molecule has 19 heavy (non-hydrogen) atoms. The summed E-state index contributed by atoms with van der Waals surface area (Å²) in [6.07, 6.45) is 4.57. The van der Waals surface area contributed by atoms with Crippen LogP contribution in [0.3, 0.4) is 0 Å². The van der Waals surface area contributed by atoms with Gasteiger partial charge in [0.25, 0.3) is 0 Å². The van der Waals surface area contributed by atoms with Gasteiger partial charge < -0.3 is 9.84 Å². The lowest BCUT2D eigenvalue weighted by Crippen LogP contribution is -2.39. The Balaban J connectivity index is 2.10. The standard InChI is InChI=1S/C16H22O3/c1-12-6-7-13(2)14(10-12)19-11-16(15(17)18)8-4-3-5-9-16/h6-7,10H,3-5,8-9,11H2,1-2H3,(H,17,18). The number of benzene rings is 1. The predicted molar refractivity (Wildman–Crippen MR) is 74.6 cm³/mol. The van der Waals surface area contributed by atoms with Gasteiger partial charge in [-0.3, -0.25) is 4.79 Å². The number of hydrogen-bond donors (Lipinski definition) is 1. The second kappa shape index (κ2) is 5.64. The van der Waals surface area contributed by atoms with Gasteiger partial charge in [-0.05, 0) is 43.9 Å². The molecule has 1 saturated carbocycles. The van der Waals surface area contributed by atoms with Gasteiger partial charge in [0.05, 0.1) is 0 Å². The van der Waals surface area contributed by atoms with Crippen LogP contribution >= 0.6 is 0 Å². The molecule has 3 heteroatoms. The molecule has 0 bridgehead atoms. The number of carbonyl (C=O) groups is 1. The van der Waals surface area contributed by atoms with Crippen LogP contribution in [0.5, 0.6) is 5.75 Å². The van der Waals surface area contributed by atoms with E-state index in [1.54, 1.807) is 0 Å². The SMILES string of the molecule is Cc1ccc(C)c(OCC2(C(=O)O)CCCCC2)c1. The van der Waals surface area contributed by atoms with Crippen molar-refractivity contribution in [3.63, 3.8) is 0 Å². The van der Waals surface area contributed by atoms with Crippen molar-refractivity contribution in [1.29, 1.82) is 0 Å². The molecule has 0 heterocycles. The van der Waals surface area contributed by atoms with Gasteiger partial charge in [-0.2, -0.15) is 0 Å². The summed E-state index contributed by atoms with van der Waals surface area (Å²) in [6, 6.07) is 6.03. The summed E-state index contributed by atoms with van der Waals surface area (Å²) < 4.78 is 5.84. The van der Waals surface area contributed by atoms with Crippen LogP contribution in [-0.4, -0.2) is 17.7 Å². The van der Waals surface area contributed by atoms with Gasteiger partial charge in [-0.25, -0.2) is 0 Å². The van der Waals surface area contributed by atoms with Crippen LogP contribution in [0, 0.1) is 19.3 Å². The molecule has 1 fully saturated rings. The monoisotopic (exact) mass is 262 g/mol. The zero-order chi connectivity index (χ0) is 13.9. The summed E-state index contributed by atoms with van der Waals surface area (Å²) in [6.45, 7) is 4.29. The first-order chi connectivity index (χ1) is 9.03. The van der Waals surface area contributed by atoms with Crippen LogP contribution in [0.4, 0.5) is 0 Å². The fourth-order valence-electron chi connectivity index (χ4n) is 2.73. The Morgan fingerprint density at radius 1 is 1.26 bits per heavy atom. The fraction of sp³-hybridized carbons (Fsp3) is 0.562. The second-order valence-electron chi connectivity index (χ2n) is 5.70. The molecule has 1 aliphatic rings. The van der Waals surface area contributed by atoms with E-state index in [2.05, 4.69) is 0 Å². The summed E-state index contributed by atoms with van der Waals surface area (Å²) in [5, 5.41) is 9.51. The second-order valence-corrected chi connectivity index (χ2v) is 5.70. The molecule has 0 radical (unpaired) electrons. The average Bonchev–Trinajstić information content (AvgIpc) is 2.41. The highest BCUT2D eigenvalue weighted by Gasteiger charge is 2.40. The Morgan fingerprint density at radius 3 is 2.58 bits per heavy atom. The number of rotatable bonds is 4. The highest BCUT2D eigenvalue weighted by atomic mass is 16.5. The summed E-state index contributed by atoms with van der Waals surface area (Å²) in [4.78, 5) is 11.6. The first-order valence-electron chi connectivity index (χ1n) is 6.97. The number of aryl methyl sites for hydroxylation is 2. The fourth-order valence-corrected chi connectivity index (χ4v) is 2.73. The van der Waals surface area contributed by atoms with Gasteiger partial charge in [-0.15, -0.1) is 0 Å². The molecule has 0 aliphatic heterocycles. The number of hydrogen-bond acceptors (Lipinski definition) is 2. The van der Waals surface area contributed by atoms with Gasteiger partial charge in [0.15, 0.2) is 0 Å². The molecule has 1 N–H and O–H groups in total. The van der Waals surface area contributed by atoms with Crippen molar-refractivity contribution in [2.75, 3.05) is 6.61 Å². The molecule has 2 rings (SSSR count). The zero-order valence-electron chi connectivity index (χ0n) is 11.7. The van der Waals surface area contributed by atoms with E-state index in [1.807, 2.05) is 32.0 Å². The predicted octanol–water partition coefficient (Wildman–Crippen LogP) is 3.72. The van der Waals surface area contributed by atoms with Crippen molar-refractivity contribution in [2.24, 2.45) is 5.41 Å². The van der Waals surface area contributed by atoms with Gasteiger partial charge in [-0.1, -0.05) is 31.4 Å². The Morgan fingerprint density at radius 2 is 1.95 bits per heavy atom. The maximum atomic E-state index is 11.6. The molecular formula is C16H22O3. The Labute approximate surface area is 114 Å². The molecule has 0 unspecified atom stereocenters. The minimum absolute atomic E-state index is 0.284. The van der Waals surface area contributed by atoms with Crippen LogP contribution in [-0.2, 0) is 4.79 Å². The van der Waals surface area contributed by atoms with E-state index >= 15 is 0 Å². The molecule has 0 atom stereocenters. The first-order valence-corrected chi connectivity index (χ1v) is 6.97. The van der Waals surface area contributed by atoms with Crippen molar-refractivity contribution in [1.82, 2.24) is 0 Å². The van der Waals surface area contributed by atoms with Crippen molar-refractivity contribution in [3.05, 3.63) is 29.3 Å². The molecule has 0 spiro atoms. The summed E-state index contributed by atoms with van der Waals surface area (Å²) in [5.41, 5.74) is 1.50. The topological polar surface area (TPSA) is 46.5 Å². The Kier molecular flexibility index (Phi) is 4.13. The third-order valence-corrected chi connectivity index (χ3v) is 4.11. The summed E-state index contributed by atoms with van der Waals surface area (Å²) in [7, 11) is 0. The smallest absolute Gasteiger partial charge is 0.313 e. The zero-order valence-corrected chi connectivity index (χ0v) is 11.7. The lowest BCUT2D eigenvalue weighted by atomic mass is 9.75. The highest BCUT2D eigenvalue weighted by molar-refractivity contribution is 5.75. The average molecular weight is 262 g/mol. The minimum atomic E-state index is -0.711. The maximum absolute atomic E-state index is 11.6. The van der Waals surface area contributed by atoms with Crippen LogP contribution in [0.1, 0.15) is 43.2 Å². The van der Waals surface area contributed by atoms with E-state index in [4.69, 9.17) is 4.74 Å². The summed E-state index contributed by atoms with van der Waals surface area (Å²) in [5.74, 6) is 0.101. The molecule has 1 aromatic carbocycles. The number of carboxylic acid groups (broad SMARTS) is 1. The van der Waals surface area contributed by atoms with E-state index in [1.165, 1.54) is 0 Å². The molecule has 0 saturated heterocycles. The lowest BCUT2D eigenvalue weighted by molar-refractivity contribution is -0.153. The Bertz CT molecular complexity index is 459. The first kappa shape index (κ1) is 13.9. The third kappa shape index (κ3) is 3.09. The van der Waals surface area contributed by atoms with Crippen LogP contribution in [0.15, 0.2) is 18.2 Å². The van der Waals surface area contributed by atoms with E-state index in [9.17, 15) is 9.90 Å². The van der Waals surface area contributed by atoms with Crippen LogP contribution < -0.4 is 4.74 Å². The Hall–Kier alpha value is -1.51. The maximum Gasteiger partial charge on any atom is 0.313 e. The normalized spacial score (nSPS) is 18.0. The van der Waals surface area contributed by atoms with Crippen LogP contribution in [0.25, 0.3) is 0 Å². The van der Waals surface area contributed by atoms with E-state index < -0.39 is 11.4 Å². The van der Waals surface area contributed by atoms with E-state index in [-0.39, 0.29) is 6.61 Å². The number of ether oxygens (including phenoxy) is 1. The van der Waals surface area contributed by atoms with E-state index in [0.717, 1.165) is 49.0 Å². The number of carboxylic acids is 1. The lowest BCUT2D eigenvalue weighted by Gasteiger charge is -2.33. The van der Waals surface area contributed by atoms with E-state index in [0.29, 0.717) is 0 Å². The van der Waals surface area contributed by atoms with Crippen molar-refractivity contribution in [3.8, 4) is 5.75 Å². The van der Waals surface area contributed by atoms with Gasteiger partial charge in [0.1, 0.15) is 17.8 Å². The molecular weight excluding hydrogens is 240 g/mol. The van der Waals surface area contributed by atoms with Gasteiger partial charge in [0.2, 0.25) is 0 Å². The van der Waals surface area contributed by atoms with Crippen molar-refractivity contribution in [2.45, 2.75) is 46.0 Å². The molecule has 0 aromatic heterocycles.